The molecule has 172 valence electrons. The molecule has 0 bridgehead atoms. The molecular formula is C21H26N4O5S2. The van der Waals surface area contributed by atoms with E-state index in [9.17, 15) is 13.2 Å². The lowest BCUT2D eigenvalue weighted by Crippen LogP contribution is -2.26. The SMILES string of the molecule is COCc1nc(OC)c2c(C)c(C(=O)NC(C)c3ccc(S(=O)(=O)N(C)C)cc3)sc2n1. The smallest absolute Gasteiger partial charge is 0.262 e. The summed E-state index contributed by atoms with van der Waals surface area (Å²) in [6.45, 7) is 3.91. The van der Waals surface area contributed by atoms with Crippen LogP contribution in [0.4, 0.5) is 0 Å². The van der Waals surface area contributed by atoms with E-state index in [1.54, 1.807) is 19.2 Å². The number of nitrogens with one attached hydrogen (secondary N) is 1. The number of aryl methyl sites for hydroxylation is 1. The largest absolute Gasteiger partial charge is 0.480 e. The Kier molecular flexibility index (Phi) is 7.13. The molecule has 0 radical (unpaired) electrons. The first-order chi connectivity index (χ1) is 15.1. The molecular weight excluding hydrogens is 452 g/mol. The van der Waals surface area contributed by atoms with Crippen molar-refractivity contribution in [3.63, 3.8) is 0 Å². The molecule has 3 rings (SSSR count). The lowest BCUT2D eigenvalue weighted by molar-refractivity contribution is 0.0943. The molecule has 0 aliphatic carbocycles. The molecule has 3 aromatic rings. The minimum Gasteiger partial charge on any atom is -0.480 e. The summed E-state index contributed by atoms with van der Waals surface area (Å²) >= 11 is 1.26. The van der Waals surface area contributed by atoms with Crippen LogP contribution < -0.4 is 10.1 Å². The van der Waals surface area contributed by atoms with Gasteiger partial charge in [0.2, 0.25) is 15.9 Å². The monoisotopic (exact) mass is 478 g/mol. The molecule has 32 heavy (non-hydrogen) atoms. The Morgan fingerprint density at radius 2 is 1.84 bits per heavy atom. The molecule has 0 spiro atoms. The van der Waals surface area contributed by atoms with E-state index in [-0.39, 0.29) is 23.5 Å². The molecule has 2 aromatic heterocycles. The highest BCUT2D eigenvalue weighted by molar-refractivity contribution is 7.89. The van der Waals surface area contributed by atoms with E-state index in [0.29, 0.717) is 26.8 Å². The fourth-order valence-electron chi connectivity index (χ4n) is 3.19. The quantitative estimate of drug-likeness (QED) is 0.530. The van der Waals surface area contributed by atoms with Crippen molar-refractivity contribution in [2.24, 2.45) is 0 Å². The Hall–Kier alpha value is -2.60. The molecule has 11 heteroatoms. The van der Waals surface area contributed by atoms with Crippen LogP contribution in [0.15, 0.2) is 29.2 Å². The van der Waals surface area contributed by atoms with Crippen LogP contribution in [0.5, 0.6) is 5.88 Å². The van der Waals surface area contributed by atoms with E-state index in [4.69, 9.17) is 9.47 Å². The maximum Gasteiger partial charge on any atom is 0.262 e. The van der Waals surface area contributed by atoms with Crippen LogP contribution in [0.1, 0.15) is 39.6 Å². The van der Waals surface area contributed by atoms with E-state index < -0.39 is 10.0 Å². The molecule has 1 aromatic carbocycles. The lowest BCUT2D eigenvalue weighted by atomic mass is 10.1. The molecule has 0 saturated heterocycles. The van der Waals surface area contributed by atoms with E-state index in [0.717, 1.165) is 15.4 Å². The minimum atomic E-state index is -3.51. The van der Waals surface area contributed by atoms with Crippen molar-refractivity contribution >= 4 is 37.5 Å². The molecule has 1 unspecified atom stereocenters. The molecule has 0 saturated carbocycles. The average Bonchev–Trinajstić information content (AvgIpc) is 3.10. The van der Waals surface area contributed by atoms with Crippen LogP contribution in [-0.4, -0.2) is 56.9 Å². The number of ether oxygens (including phenoxy) is 2. The second kappa shape index (κ2) is 9.49. The standard InChI is InChI=1S/C21H26N4O5S2/c1-12-17-20(30-6)23-16(11-29-5)24-21(17)31-18(12)19(26)22-13(2)14-7-9-15(10-8-14)32(27,28)25(3)4/h7-10,13H,11H2,1-6H3,(H,22,26). The average molecular weight is 479 g/mol. The van der Waals surface area contributed by atoms with Gasteiger partial charge in [0.25, 0.3) is 5.91 Å². The number of sulfonamides is 1. The number of hydrogen-bond donors (Lipinski definition) is 1. The lowest BCUT2D eigenvalue weighted by Gasteiger charge is -2.16. The van der Waals surface area contributed by atoms with Crippen LogP contribution in [0.3, 0.4) is 0 Å². The van der Waals surface area contributed by atoms with Gasteiger partial charge in [0.1, 0.15) is 11.4 Å². The van der Waals surface area contributed by atoms with Gasteiger partial charge in [0, 0.05) is 21.2 Å². The van der Waals surface area contributed by atoms with Crippen molar-refractivity contribution in [1.82, 2.24) is 19.6 Å². The van der Waals surface area contributed by atoms with Crippen LogP contribution in [-0.2, 0) is 21.4 Å². The molecule has 1 atom stereocenters. The Labute approximate surface area is 191 Å². The number of thiophene rings is 1. The number of methoxy groups -OCH3 is 2. The summed E-state index contributed by atoms with van der Waals surface area (Å²) in [6, 6.07) is 6.14. The fourth-order valence-corrected chi connectivity index (χ4v) is 5.18. The summed E-state index contributed by atoms with van der Waals surface area (Å²) < 4.78 is 36.2. The van der Waals surface area contributed by atoms with Gasteiger partial charge in [0.05, 0.1) is 28.3 Å². The number of benzene rings is 1. The highest BCUT2D eigenvalue weighted by atomic mass is 32.2. The topological polar surface area (TPSA) is 111 Å². The zero-order valence-corrected chi connectivity index (χ0v) is 20.4. The number of hydrogen-bond acceptors (Lipinski definition) is 8. The van der Waals surface area contributed by atoms with Crippen molar-refractivity contribution in [2.75, 3.05) is 28.3 Å². The van der Waals surface area contributed by atoms with Gasteiger partial charge < -0.3 is 14.8 Å². The zero-order valence-electron chi connectivity index (χ0n) is 18.8. The third-order valence-corrected chi connectivity index (χ3v) is 8.00. The first-order valence-electron chi connectivity index (χ1n) is 9.76. The van der Waals surface area contributed by atoms with Gasteiger partial charge in [-0.05, 0) is 37.1 Å². The van der Waals surface area contributed by atoms with Crippen LogP contribution in [0.2, 0.25) is 0 Å². The summed E-state index contributed by atoms with van der Waals surface area (Å²) in [5.74, 6) is 0.630. The van der Waals surface area contributed by atoms with Crippen LogP contribution in [0.25, 0.3) is 10.2 Å². The van der Waals surface area contributed by atoms with Crippen molar-refractivity contribution < 1.29 is 22.7 Å². The first kappa shape index (κ1) is 24.1. The van der Waals surface area contributed by atoms with E-state index in [2.05, 4.69) is 15.3 Å². The third-order valence-electron chi connectivity index (χ3n) is 4.98. The number of rotatable bonds is 8. The molecule has 1 amide bonds. The van der Waals surface area contributed by atoms with Crippen molar-refractivity contribution in [3.05, 3.63) is 46.1 Å². The van der Waals surface area contributed by atoms with Gasteiger partial charge in [-0.2, -0.15) is 4.98 Å². The van der Waals surface area contributed by atoms with Gasteiger partial charge >= 0.3 is 0 Å². The Balaban J connectivity index is 1.86. The number of carbonyl (C=O) groups is 1. The highest BCUT2D eigenvalue weighted by Gasteiger charge is 2.23. The van der Waals surface area contributed by atoms with Gasteiger partial charge in [-0.3, -0.25) is 4.79 Å². The summed E-state index contributed by atoms with van der Waals surface area (Å²) in [5, 5.41) is 3.67. The van der Waals surface area contributed by atoms with Crippen molar-refractivity contribution in [2.45, 2.75) is 31.4 Å². The summed E-state index contributed by atoms with van der Waals surface area (Å²) in [4.78, 5) is 23.2. The third kappa shape index (κ3) is 4.60. The second-order valence-electron chi connectivity index (χ2n) is 7.37. The summed E-state index contributed by atoms with van der Waals surface area (Å²) in [7, 11) is 2.54. The van der Waals surface area contributed by atoms with Crippen LogP contribution in [0, 0.1) is 6.92 Å². The van der Waals surface area contributed by atoms with Gasteiger partial charge in [0.15, 0.2) is 5.82 Å². The normalized spacial score (nSPS) is 12.8. The maximum atomic E-state index is 13.0. The highest BCUT2D eigenvalue weighted by Crippen LogP contribution is 2.35. The molecule has 0 fully saturated rings. The van der Waals surface area contributed by atoms with Gasteiger partial charge in [-0.1, -0.05) is 12.1 Å². The van der Waals surface area contributed by atoms with E-state index in [1.165, 1.54) is 44.7 Å². The molecule has 0 aliphatic heterocycles. The number of nitrogens with zero attached hydrogens (tertiary/aromatic N) is 3. The zero-order chi connectivity index (χ0) is 23.6. The Bertz CT molecular complexity index is 1240. The number of carbonyl (C=O) groups excluding carboxylic acids is 1. The minimum absolute atomic E-state index is 0.197. The molecule has 0 aliphatic rings. The van der Waals surface area contributed by atoms with E-state index in [1.807, 2.05) is 13.8 Å². The Morgan fingerprint density at radius 1 is 1.19 bits per heavy atom. The second-order valence-corrected chi connectivity index (χ2v) is 10.5. The molecule has 9 nitrogen and oxygen atoms in total. The fraction of sp³-hybridized carbons (Fsp3) is 0.381. The van der Waals surface area contributed by atoms with Crippen molar-refractivity contribution in [1.29, 1.82) is 0 Å². The van der Waals surface area contributed by atoms with Crippen LogP contribution >= 0.6 is 11.3 Å². The summed E-state index contributed by atoms with van der Waals surface area (Å²) in [6.07, 6.45) is 0. The summed E-state index contributed by atoms with van der Waals surface area (Å²) in [5.41, 5.74) is 1.53. The number of aromatic nitrogens is 2. The number of fused-ring (bicyclic) bond motifs is 1. The van der Waals surface area contributed by atoms with Gasteiger partial charge in [-0.15, -0.1) is 11.3 Å². The van der Waals surface area contributed by atoms with E-state index >= 15 is 0 Å². The van der Waals surface area contributed by atoms with Crippen molar-refractivity contribution in [3.8, 4) is 5.88 Å². The molecule has 1 N–H and O–H groups in total. The van der Waals surface area contributed by atoms with Gasteiger partial charge in [-0.25, -0.2) is 17.7 Å². The molecule has 2 heterocycles. The maximum absolute atomic E-state index is 13.0. The Morgan fingerprint density at radius 3 is 2.41 bits per heavy atom. The first-order valence-corrected chi connectivity index (χ1v) is 12.0. The number of amides is 1. The predicted molar refractivity (Wildman–Crippen MR) is 123 cm³/mol. The predicted octanol–water partition coefficient (Wildman–Crippen LogP) is 2.90.